The smallest absolute Gasteiger partial charge is 0.273 e. The van der Waals surface area contributed by atoms with Crippen molar-refractivity contribution in [2.75, 3.05) is 11.9 Å². The lowest BCUT2D eigenvalue weighted by Crippen LogP contribution is -2.41. The first-order valence-corrected chi connectivity index (χ1v) is 11.2. The molecule has 1 saturated carbocycles. The topological polar surface area (TPSA) is 96.5 Å². The third-order valence-electron chi connectivity index (χ3n) is 5.38. The van der Waals surface area contributed by atoms with E-state index in [0.29, 0.717) is 35.1 Å². The summed E-state index contributed by atoms with van der Waals surface area (Å²) in [6, 6.07) is 13.5. The molecule has 0 bridgehead atoms. The number of amides is 3. The molecule has 0 heterocycles. The van der Waals surface area contributed by atoms with E-state index in [4.69, 9.17) is 4.74 Å². The number of rotatable bonds is 7. The Hall–Kier alpha value is -3.35. The number of ether oxygens (including phenoxy) is 1. The van der Waals surface area contributed by atoms with Crippen LogP contribution in [0.15, 0.2) is 48.5 Å². The third kappa shape index (κ3) is 6.57. The van der Waals surface area contributed by atoms with Gasteiger partial charge in [0, 0.05) is 17.2 Å². The molecule has 32 heavy (non-hydrogen) atoms. The molecule has 1 aliphatic carbocycles. The molecular formula is C25H31N3O4. The molecule has 2 aromatic rings. The maximum absolute atomic E-state index is 12.5. The van der Waals surface area contributed by atoms with Crippen LogP contribution in [-0.2, 0) is 4.79 Å². The van der Waals surface area contributed by atoms with Gasteiger partial charge in [0.15, 0.2) is 0 Å². The van der Waals surface area contributed by atoms with Gasteiger partial charge in [-0.25, -0.2) is 0 Å². The molecule has 0 saturated heterocycles. The summed E-state index contributed by atoms with van der Waals surface area (Å²) in [7, 11) is 0. The van der Waals surface area contributed by atoms with E-state index in [1.165, 1.54) is 6.42 Å². The van der Waals surface area contributed by atoms with Gasteiger partial charge in [-0.1, -0.05) is 45.2 Å². The highest BCUT2D eigenvalue weighted by Crippen LogP contribution is 2.25. The third-order valence-corrected chi connectivity index (χ3v) is 5.38. The zero-order chi connectivity index (χ0) is 22.9. The minimum Gasteiger partial charge on any atom is -0.492 e. The van der Waals surface area contributed by atoms with Gasteiger partial charge in [-0.15, -0.1) is 0 Å². The number of hydrogen-bond acceptors (Lipinski definition) is 4. The minimum atomic E-state index is -0.464. The number of para-hydroxylation sites is 1. The average Bonchev–Trinajstić information content (AvgIpc) is 2.82. The summed E-state index contributed by atoms with van der Waals surface area (Å²) in [6.45, 7) is 4.53. The first-order valence-electron chi connectivity index (χ1n) is 11.2. The largest absolute Gasteiger partial charge is 0.492 e. The average molecular weight is 438 g/mol. The second kappa shape index (κ2) is 11.3. The van der Waals surface area contributed by atoms with Crippen molar-refractivity contribution in [3.8, 4) is 5.75 Å². The van der Waals surface area contributed by atoms with E-state index in [9.17, 15) is 14.4 Å². The number of hydrogen-bond donors (Lipinski definition) is 3. The van der Waals surface area contributed by atoms with E-state index in [1.54, 1.807) is 48.5 Å². The molecule has 1 fully saturated rings. The summed E-state index contributed by atoms with van der Waals surface area (Å²) >= 11 is 0. The summed E-state index contributed by atoms with van der Waals surface area (Å²) < 4.78 is 5.69. The van der Waals surface area contributed by atoms with Gasteiger partial charge in [0.1, 0.15) is 5.75 Å². The number of carbonyl (C=O) groups is 3. The molecule has 3 N–H and O–H groups in total. The molecule has 7 nitrogen and oxygen atoms in total. The minimum absolute atomic E-state index is 0.0347. The normalized spacial score (nSPS) is 14.0. The van der Waals surface area contributed by atoms with Crippen LogP contribution in [0.5, 0.6) is 5.75 Å². The zero-order valence-electron chi connectivity index (χ0n) is 18.6. The van der Waals surface area contributed by atoms with Crippen LogP contribution in [0.4, 0.5) is 5.69 Å². The first kappa shape index (κ1) is 23.3. The number of benzene rings is 2. The number of hydrazine groups is 1. The Bertz CT molecular complexity index is 934. The van der Waals surface area contributed by atoms with Crippen molar-refractivity contribution in [3.05, 3.63) is 59.7 Å². The van der Waals surface area contributed by atoms with Gasteiger partial charge in [-0.3, -0.25) is 25.2 Å². The molecule has 0 aliphatic heterocycles. The Labute approximate surface area is 188 Å². The SMILES string of the molecule is CC(C)COc1ccccc1C(=O)NNC(=O)c1ccc(NC(=O)C2CCCCC2)cc1. The van der Waals surface area contributed by atoms with Crippen LogP contribution in [-0.4, -0.2) is 24.3 Å². The van der Waals surface area contributed by atoms with E-state index in [-0.39, 0.29) is 11.8 Å². The van der Waals surface area contributed by atoms with Crippen LogP contribution in [0.25, 0.3) is 0 Å². The maximum Gasteiger partial charge on any atom is 0.273 e. The Morgan fingerprint density at radius 3 is 2.25 bits per heavy atom. The van der Waals surface area contributed by atoms with Crippen molar-refractivity contribution in [1.82, 2.24) is 10.9 Å². The number of anilines is 1. The fraction of sp³-hybridized carbons (Fsp3) is 0.400. The molecule has 3 rings (SSSR count). The molecule has 2 aromatic carbocycles. The quantitative estimate of drug-likeness (QED) is 0.562. The molecule has 0 radical (unpaired) electrons. The van der Waals surface area contributed by atoms with E-state index in [1.807, 2.05) is 13.8 Å². The fourth-order valence-corrected chi connectivity index (χ4v) is 3.60. The molecule has 1 aliphatic rings. The van der Waals surface area contributed by atoms with Crippen LogP contribution in [0.1, 0.15) is 66.7 Å². The van der Waals surface area contributed by atoms with Gasteiger partial charge in [0.05, 0.1) is 12.2 Å². The lowest BCUT2D eigenvalue weighted by molar-refractivity contribution is -0.120. The molecular weight excluding hydrogens is 406 g/mol. The zero-order valence-corrected chi connectivity index (χ0v) is 18.6. The highest BCUT2D eigenvalue weighted by atomic mass is 16.5. The van der Waals surface area contributed by atoms with E-state index in [2.05, 4.69) is 16.2 Å². The summed E-state index contributed by atoms with van der Waals surface area (Å²) in [5.41, 5.74) is 6.20. The second-order valence-corrected chi connectivity index (χ2v) is 8.51. The van der Waals surface area contributed by atoms with Crippen molar-refractivity contribution in [2.24, 2.45) is 11.8 Å². The van der Waals surface area contributed by atoms with Gasteiger partial charge in [0.2, 0.25) is 5.91 Å². The van der Waals surface area contributed by atoms with Crippen LogP contribution in [0.3, 0.4) is 0 Å². The maximum atomic E-state index is 12.5. The Balaban J connectivity index is 1.53. The van der Waals surface area contributed by atoms with Crippen molar-refractivity contribution in [1.29, 1.82) is 0 Å². The number of nitrogens with one attached hydrogen (secondary N) is 3. The van der Waals surface area contributed by atoms with E-state index >= 15 is 0 Å². The molecule has 0 aromatic heterocycles. The van der Waals surface area contributed by atoms with E-state index in [0.717, 1.165) is 25.7 Å². The van der Waals surface area contributed by atoms with Crippen molar-refractivity contribution in [3.63, 3.8) is 0 Å². The molecule has 0 spiro atoms. The lowest BCUT2D eigenvalue weighted by Gasteiger charge is -2.20. The Morgan fingerprint density at radius 2 is 1.56 bits per heavy atom. The van der Waals surface area contributed by atoms with Crippen molar-refractivity contribution < 1.29 is 19.1 Å². The fourth-order valence-electron chi connectivity index (χ4n) is 3.60. The van der Waals surface area contributed by atoms with Crippen molar-refractivity contribution >= 4 is 23.4 Å². The van der Waals surface area contributed by atoms with Crippen LogP contribution in [0.2, 0.25) is 0 Å². The van der Waals surface area contributed by atoms with Gasteiger partial charge >= 0.3 is 0 Å². The van der Waals surface area contributed by atoms with Gasteiger partial charge in [-0.05, 0) is 55.2 Å². The highest BCUT2D eigenvalue weighted by molar-refractivity contribution is 6.00. The van der Waals surface area contributed by atoms with Crippen LogP contribution >= 0.6 is 0 Å². The molecule has 3 amide bonds. The molecule has 0 atom stereocenters. The second-order valence-electron chi connectivity index (χ2n) is 8.51. The standard InChI is InChI=1S/C25H31N3O4/c1-17(2)16-32-22-11-7-6-10-21(22)25(31)28-27-24(30)19-12-14-20(15-13-19)26-23(29)18-8-4-3-5-9-18/h6-7,10-15,17-18H,3-5,8-9,16H2,1-2H3,(H,26,29)(H,27,30)(H,28,31). The van der Waals surface area contributed by atoms with Gasteiger partial charge < -0.3 is 10.1 Å². The van der Waals surface area contributed by atoms with E-state index < -0.39 is 11.8 Å². The highest BCUT2D eigenvalue weighted by Gasteiger charge is 2.21. The summed E-state index contributed by atoms with van der Waals surface area (Å²) in [5, 5.41) is 2.92. The van der Waals surface area contributed by atoms with Crippen LogP contribution in [0, 0.1) is 11.8 Å². The first-order chi connectivity index (χ1) is 15.4. The predicted octanol–water partition coefficient (Wildman–Crippen LogP) is 4.32. The Kier molecular flexibility index (Phi) is 8.25. The summed E-state index contributed by atoms with van der Waals surface area (Å²) in [5.74, 6) is -0.0349. The molecule has 170 valence electrons. The van der Waals surface area contributed by atoms with Crippen LogP contribution < -0.4 is 20.9 Å². The number of carbonyl (C=O) groups excluding carboxylic acids is 3. The molecule has 0 unspecified atom stereocenters. The Morgan fingerprint density at radius 1 is 0.906 bits per heavy atom. The monoisotopic (exact) mass is 437 g/mol. The summed E-state index contributed by atoms with van der Waals surface area (Å²) in [4.78, 5) is 37.3. The predicted molar refractivity (Wildman–Crippen MR) is 123 cm³/mol. The lowest BCUT2D eigenvalue weighted by atomic mass is 9.88. The molecule has 7 heteroatoms. The van der Waals surface area contributed by atoms with Gasteiger partial charge in [0.25, 0.3) is 11.8 Å². The van der Waals surface area contributed by atoms with Crippen molar-refractivity contribution in [2.45, 2.75) is 46.0 Å². The summed E-state index contributed by atoms with van der Waals surface area (Å²) in [6.07, 6.45) is 5.24. The van der Waals surface area contributed by atoms with Gasteiger partial charge in [-0.2, -0.15) is 0 Å².